The van der Waals surface area contributed by atoms with Gasteiger partial charge in [-0.25, -0.2) is 4.39 Å². The predicted octanol–water partition coefficient (Wildman–Crippen LogP) is 1.87. The van der Waals surface area contributed by atoms with Gasteiger partial charge in [0, 0.05) is 5.56 Å². The zero-order valence-electron chi connectivity index (χ0n) is 9.66. The molecular weight excluding hydrogens is 223 g/mol. The standard InChI is InChI=1S/C12H13FN2O2/c1-8(2)17-11-4-3-9(7-10(11)13)12(16)15-6-5-14/h3-4,7-8H,6H2,1-2H3,(H,15,16). The molecule has 1 rings (SSSR count). The molecule has 0 saturated heterocycles. The Balaban J connectivity index is 2.82. The van der Waals surface area contributed by atoms with Crippen LogP contribution in [0.1, 0.15) is 24.2 Å². The Labute approximate surface area is 99.0 Å². The summed E-state index contributed by atoms with van der Waals surface area (Å²) in [7, 11) is 0. The van der Waals surface area contributed by atoms with Crippen LogP contribution in [0.2, 0.25) is 0 Å². The molecule has 4 nitrogen and oxygen atoms in total. The van der Waals surface area contributed by atoms with Gasteiger partial charge in [0.25, 0.3) is 5.91 Å². The van der Waals surface area contributed by atoms with Crippen LogP contribution in [-0.2, 0) is 0 Å². The molecule has 1 aromatic carbocycles. The number of carbonyl (C=O) groups excluding carboxylic acids is 1. The van der Waals surface area contributed by atoms with Crippen molar-refractivity contribution in [3.8, 4) is 11.8 Å². The van der Waals surface area contributed by atoms with Gasteiger partial charge in [0.05, 0.1) is 12.2 Å². The molecule has 5 heteroatoms. The summed E-state index contributed by atoms with van der Waals surface area (Å²) >= 11 is 0. The summed E-state index contributed by atoms with van der Waals surface area (Å²) in [4.78, 5) is 11.4. The molecule has 0 aliphatic heterocycles. The SMILES string of the molecule is CC(C)Oc1ccc(C(=O)NCC#N)cc1F. The molecule has 0 unspecified atom stereocenters. The number of halogens is 1. The molecule has 0 radical (unpaired) electrons. The third-order valence-corrected chi connectivity index (χ3v) is 1.88. The highest BCUT2D eigenvalue weighted by Gasteiger charge is 2.10. The third-order valence-electron chi connectivity index (χ3n) is 1.88. The summed E-state index contributed by atoms with van der Waals surface area (Å²) in [5.74, 6) is -0.971. The summed E-state index contributed by atoms with van der Waals surface area (Å²) in [5, 5.41) is 10.6. The van der Waals surface area contributed by atoms with Gasteiger partial charge in [-0.3, -0.25) is 4.79 Å². The van der Waals surface area contributed by atoms with E-state index in [1.165, 1.54) is 12.1 Å². The lowest BCUT2D eigenvalue weighted by Crippen LogP contribution is -2.23. The summed E-state index contributed by atoms with van der Waals surface area (Å²) in [6, 6.07) is 5.71. The van der Waals surface area contributed by atoms with E-state index in [1.807, 2.05) is 0 Å². The van der Waals surface area contributed by atoms with Crippen LogP contribution < -0.4 is 10.1 Å². The van der Waals surface area contributed by atoms with Crippen molar-refractivity contribution in [2.45, 2.75) is 20.0 Å². The van der Waals surface area contributed by atoms with Gasteiger partial charge in [0.1, 0.15) is 6.54 Å². The zero-order valence-corrected chi connectivity index (χ0v) is 9.66. The van der Waals surface area contributed by atoms with Crippen LogP contribution in [0.5, 0.6) is 5.75 Å². The van der Waals surface area contributed by atoms with E-state index in [-0.39, 0.29) is 24.0 Å². The first-order valence-electron chi connectivity index (χ1n) is 5.16. The van der Waals surface area contributed by atoms with Crippen molar-refractivity contribution in [2.75, 3.05) is 6.54 Å². The smallest absolute Gasteiger partial charge is 0.252 e. The van der Waals surface area contributed by atoms with E-state index in [1.54, 1.807) is 19.9 Å². The fourth-order valence-corrected chi connectivity index (χ4v) is 1.21. The van der Waals surface area contributed by atoms with Gasteiger partial charge >= 0.3 is 0 Å². The van der Waals surface area contributed by atoms with Crippen LogP contribution in [0.25, 0.3) is 0 Å². The molecule has 1 aromatic rings. The number of nitrogens with one attached hydrogen (secondary N) is 1. The second kappa shape index (κ2) is 5.85. The normalized spacial score (nSPS) is 9.82. The summed E-state index contributed by atoms with van der Waals surface area (Å²) in [5.41, 5.74) is 0.161. The maximum atomic E-state index is 13.5. The van der Waals surface area contributed by atoms with Gasteiger partial charge in [-0.1, -0.05) is 0 Å². The molecular formula is C12H13FN2O2. The Bertz CT molecular complexity index is 452. The minimum absolute atomic E-state index is 0.106. The topological polar surface area (TPSA) is 62.1 Å². The van der Waals surface area contributed by atoms with E-state index < -0.39 is 11.7 Å². The number of amides is 1. The number of ether oxygens (including phenoxy) is 1. The van der Waals surface area contributed by atoms with Crippen LogP contribution in [0, 0.1) is 17.1 Å². The molecule has 1 N–H and O–H groups in total. The number of nitrogens with zero attached hydrogens (tertiary/aromatic N) is 1. The molecule has 0 aliphatic rings. The fraction of sp³-hybridized carbons (Fsp3) is 0.333. The molecule has 0 saturated carbocycles. The average molecular weight is 236 g/mol. The minimum atomic E-state index is -0.594. The Morgan fingerprint density at radius 1 is 1.59 bits per heavy atom. The van der Waals surface area contributed by atoms with Gasteiger partial charge in [-0.05, 0) is 32.0 Å². The number of rotatable bonds is 4. The lowest BCUT2D eigenvalue weighted by Gasteiger charge is -2.11. The van der Waals surface area contributed by atoms with Gasteiger partial charge < -0.3 is 10.1 Å². The first kappa shape index (κ1) is 13.0. The number of carbonyl (C=O) groups is 1. The van der Waals surface area contributed by atoms with E-state index in [2.05, 4.69) is 5.32 Å². The van der Waals surface area contributed by atoms with E-state index >= 15 is 0 Å². The molecule has 0 heterocycles. The lowest BCUT2D eigenvalue weighted by atomic mass is 10.2. The van der Waals surface area contributed by atoms with Crippen molar-refractivity contribution in [1.29, 1.82) is 5.26 Å². The lowest BCUT2D eigenvalue weighted by molar-refractivity contribution is 0.0958. The minimum Gasteiger partial charge on any atom is -0.488 e. The first-order valence-corrected chi connectivity index (χ1v) is 5.16. The van der Waals surface area contributed by atoms with E-state index in [0.29, 0.717) is 0 Å². The number of nitriles is 1. The highest BCUT2D eigenvalue weighted by Crippen LogP contribution is 2.19. The Morgan fingerprint density at radius 2 is 2.29 bits per heavy atom. The molecule has 0 bridgehead atoms. The van der Waals surface area contributed by atoms with Crippen LogP contribution >= 0.6 is 0 Å². The Morgan fingerprint density at radius 3 is 2.82 bits per heavy atom. The van der Waals surface area contributed by atoms with Crippen LogP contribution in [0.15, 0.2) is 18.2 Å². The zero-order chi connectivity index (χ0) is 12.8. The van der Waals surface area contributed by atoms with Crippen molar-refractivity contribution in [2.24, 2.45) is 0 Å². The number of benzene rings is 1. The summed E-state index contributed by atoms with van der Waals surface area (Å²) < 4.78 is 18.7. The number of hydrogen-bond donors (Lipinski definition) is 1. The first-order chi connectivity index (χ1) is 8.04. The molecule has 0 atom stereocenters. The number of hydrogen-bond acceptors (Lipinski definition) is 3. The van der Waals surface area contributed by atoms with Crippen LogP contribution in [-0.4, -0.2) is 18.6 Å². The van der Waals surface area contributed by atoms with E-state index in [0.717, 1.165) is 6.07 Å². The Kier molecular flexibility index (Phi) is 4.46. The quantitative estimate of drug-likeness (QED) is 0.812. The molecule has 0 spiro atoms. The second-order valence-electron chi connectivity index (χ2n) is 3.65. The van der Waals surface area contributed by atoms with E-state index in [9.17, 15) is 9.18 Å². The van der Waals surface area contributed by atoms with Gasteiger partial charge in [0.15, 0.2) is 11.6 Å². The molecule has 0 aliphatic carbocycles. The molecule has 0 fully saturated rings. The predicted molar refractivity (Wildman–Crippen MR) is 60.1 cm³/mol. The van der Waals surface area contributed by atoms with Gasteiger partial charge in [-0.15, -0.1) is 0 Å². The van der Waals surface area contributed by atoms with Crippen molar-refractivity contribution < 1.29 is 13.9 Å². The van der Waals surface area contributed by atoms with Crippen molar-refractivity contribution in [3.05, 3.63) is 29.6 Å². The van der Waals surface area contributed by atoms with Crippen molar-refractivity contribution in [3.63, 3.8) is 0 Å². The largest absolute Gasteiger partial charge is 0.488 e. The van der Waals surface area contributed by atoms with Crippen LogP contribution in [0.3, 0.4) is 0 Å². The maximum Gasteiger partial charge on any atom is 0.252 e. The van der Waals surface area contributed by atoms with Crippen LogP contribution in [0.4, 0.5) is 4.39 Å². The average Bonchev–Trinajstić information content (AvgIpc) is 2.28. The van der Waals surface area contributed by atoms with E-state index in [4.69, 9.17) is 10.00 Å². The summed E-state index contributed by atoms with van der Waals surface area (Å²) in [6.07, 6.45) is -0.136. The molecule has 0 aromatic heterocycles. The van der Waals surface area contributed by atoms with Gasteiger partial charge in [0.2, 0.25) is 0 Å². The monoisotopic (exact) mass is 236 g/mol. The molecule has 1 amide bonds. The van der Waals surface area contributed by atoms with Crippen molar-refractivity contribution in [1.82, 2.24) is 5.32 Å². The Hall–Kier alpha value is -2.09. The molecule has 17 heavy (non-hydrogen) atoms. The molecule has 90 valence electrons. The summed E-state index contributed by atoms with van der Waals surface area (Å²) in [6.45, 7) is 3.46. The third kappa shape index (κ3) is 3.76. The maximum absolute atomic E-state index is 13.5. The highest BCUT2D eigenvalue weighted by atomic mass is 19.1. The fourth-order valence-electron chi connectivity index (χ4n) is 1.21. The van der Waals surface area contributed by atoms with Crippen molar-refractivity contribution >= 4 is 5.91 Å². The highest BCUT2D eigenvalue weighted by molar-refractivity contribution is 5.94. The van der Waals surface area contributed by atoms with Gasteiger partial charge in [-0.2, -0.15) is 5.26 Å². The second-order valence-corrected chi connectivity index (χ2v) is 3.65.